The SMILES string of the molecule is CC[C@@H](CCO[Si](C)(C)C(C)(C)C)Oc1nc(N(Cc2ccc(OC)cc2)Cc2ccc(OC)cc2)c2ncc(Br)n2n1. The minimum Gasteiger partial charge on any atom is -0.497 e. The van der Waals surface area contributed by atoms with Crippen molar-refractivity contribution in [1.29, 1.82) is 0 Å². The second-order valence-corrected chi connectivity index (χ2v) is 17.8. The Morgan fingerprint density at radius 3 is 1.98 bits per heavy atom. The van der Waals surface area contributed by atoms with E-state index in [2.05, 4.69) is 90.9 Å². The van der Waals surface area contributed by atoms with Gasteiger partial charge in [-0.05, 0) is 75.9 Å². The van der Waals surface area contributed by atoms with Gasteiger partial charge in [0, 0.05) is 26.1 Å². The average Bonchev–Trinajstić information content (AvgIpc) is 3.36. The van der Waals surface area contributed by atoms with Gasteiger partial charge in [-0.1, -0.05) is 52.0 Å². The molecular formula is C32H44BrN5O4Si. The van der Waals surface area contributed by atoms with Gasteiger partial charge in [-0.2, -0.15) is 9.50 Å². The first kappa shape index (κ1) is 32.8. The van der Waals surface area contributed by atoms with E-state index in [1.165, 1.54) is 0 Å². The highest BCUT2D eigenvalue weighted by Gasteiger charge is 2.37. The van der Waals surface area contributed by atoms with Crippen molar-refractivity contribution in [1.82, 2.24) is 19.6 Å². The van der Waals surface area contributed by atoms with Gasteiger partial charge in [0.2, 0.25) is 0 Å². The maximum Gasteiger partial charge on any atom is 0.336 e. The van der Waals surface area contributed by atoms with E-state index in [1.54, 1.807) is 24.9 Å². The topological polar surface area (TPSA) is 83.2 Å². The van der Waals surface area contributed by atoms with Crippen LogP contribution in [-0.2, 0) is 17.5 Å². The zero-order valence-corrected chi connectivity index (χ0v) is 29.1. The van der Waals surface area contributed by atoms with Crippen LogP contribution in [0.15, 0.2) is 59.3 Å². The summed E-state index contributed by atoms with van der Waals surface area (Å²) in [5.41, 5.74) is 2.84. The summed E-state index contributed by atoms with van der Waals surface area (Å²) in [5.74, 6) is 2.30. The standard InChI is InChI=1S/C32H44BrN5O4Si/c1-9-25(18-19-41-43(7,8)32(2,3)4)42-31-35-30(29-34-20-28(33)38(29)36-31)37(21-23-10-14-26(39-5)15-11-23)22-24-12-16-27(40-6)17-13-24/h10-17,20,25H,9,18-19,21-22H2,1-8H3/t25-/m0/s1. The van der Waals surface area contributed by atoms with Gasteiger partial charge in [0.1, 0.15) is 22.2 Å². The van der Waals surface area contributed by atoms with Crippen LogP contribution in [0.1, 0.15) is 51.7 Å². The molecule has 0 amide bonds. The third-order valence-electron chi connectivity index (χ3n) is 8.08. The lowest BCUT2D eigenvalue weighted by Crippen LogP contribution is -2.41. The molecule has 0 bridgehead atoms. The van der Waals surface area contributed by atoms with Gasteiger partial charge in [0.05, 0.1) is 20.4 Å². The molecule has 0 radical (unpaired) electrons. The highest BCUT2D eigenvalue weighted by atomic mass is 79.9. The molecule has 0 saturated heterocycles. The van der Waals surface area contributed by atoms with Crippen LogP contribution in [0.5, 0.6) is 17.5 Å². The van der Waals surface area contributed by atoms with Crippen LogP contribution in [0, 0.1) is 0 Å². The van der Waals surface area contributed by atoms with Crippen LogP contribution in [0.25, 0.3) is 5.65 Å². The van der Waals surface area contributed by atoms with Crippen LogP contribution < -0.4 is 19.1 Å². The lowest BCUT2D eigenvalue weighted by atomic mass is 10.1. The molecule has 232 valence electrons. The third kappa shape index (κ3) is 8.27. The molecule has 0 unspecified atom stereocenters. The van der Waals surface area contributed by atoms with Crippen molar-refractivity contribution in [2.24, 2.45) is 0 Å². The fraction of sp³-hybridized carbons (Fsp3) is 0.469. The zero-order chi connectivity index (χ0) is 31.2. The molecule has 11 heteroatoms. The maximum absolute atomic E-state index is 6.44. The summed E-state index contributed by atoms with van der Waals surface area (Å²) in [6.07, 6.45) is 3.21. The minimum absolute atomic E-state index is 0.0889. The lowest BCUT2D eigenvalue weighted by Gasteiger charge is -2.36. The number of halogens is 1. The van der Waals surface area contributed by atoms with Crippen molar-refractivity contribution in [3.05, 3.63) is 70.5 Å². The van der Waals surface area contributed by atoms with E-state index in [0.717, 1.165) is 40.1 Å². The summed E-state index contributed by atoms with van der Waals surface area (Å²) < 4.78 is 26.1. The van der Waals surface area contributed by atoms with Gasteiger partial charge in [-0.25, -0.2) is 4.98 Å². The van der Waals surface area contributed by atoms with E-state index in [4.69, 9.17) is 28.7 Å². The first-order valence-electron chi connectivity index (χ1n) is 14.7. The number of anilines is 1. The molecule has 4 aromatic rings. The van der Waals surface area contributed by atoms with Crippen molar-refractivity contribution >= 4 is 35.7 Å². The Labute approximate surface area is 264 Å². The molecule has 0 aliphatic heterocycles. The molecule has 43 heavy (non-hydrogen) atoms. The number of ether oxygens (including phenoxy) is 3. The highest BCUT2D eigenvalue weighted by Crippen LogP contribution is 2.36. The van der Waals surface area contributed by atoms with Crippen LogP contribution in [-0.4, -0.2) is 54.8 Å². The Balaban J connectivity index is 1.65. The number of fused-ring (bicyclic) bond motifs is 1. The monoisotopic (exact) mass is 669 g/mol. The van der Waals surface area contributed by atoms with Crippen LogP contribution in [0.2, 0.25) is 18.1 Å². The molecule has 0 aliphatic carbocycles. The van der Waals surface area contributed by atoms with E-state index in [0.29, 0.717) is 37.2 Å². The Morgan fingerprint density at radius 2 is 1.49 bits per heavy atom. The zero-order valence-electron chi connectivity index (χ0n) is 26.6. The molecule has 0 saturated carbocycles. The van der Waals surface area contributed by atoms with E-state index < -0.39 is 8.32 Å². The first-order chi connectivity index (χ1) is 20.4. The van der Waals surface area contributed by atoms with Crippen LogP contribution in [0.3, 0.4) is 0 Å². The summed E-state index contributed by atoms with van der Waals surface area (Å²) in [6, 6.07) is 16.4. The minimum atomic E-state index is -1.85. The molecule has 0 spiro atoms. The summed E-state index contributed by atoms with van der Waals surface area (Å²) in [5, 5.41) is 4.86. The second kappa shape index (κ2) is 14.1. The lowest BCUT2D eigenvalue weighted by molar-refractivity contribution is 0.140. The second-order valence-electron chi connectivity index (χ2n) is 12.1. The number of rotatable bonds is 14. The molecule has 2 heterocycles. The number of hydrogen-bond donors (Lipinski definition) is 0. The van der Waals surface area contributed by atoms with Crippen molar-refractivity contribution in [3.8, 4) is 17.5 Å². The molecule has 0 aliphatic rings. The van der Waals surface area contributed by atoms with Gasteiger partial charge in [-0.15, -0.1) is 5.10 Å². The smallest absolute Gasteiger partial charge is 0.336 e. The molecule has 4 rings (SSSR count). The number of benzene rings is 2. The predicted molar refractivity (Wildman–Crippen MR) is 177 cm³/mol. The molecule has 2 aromatic heterocycles. The van der Waals surface area contributed by atoms with E-state index in [-0.39, 0.29) is 11.1 Å². The van der Waals surface area contributed by atoms with Gasteiger partial charge in [0.15, 0.2) is 19.8 Å². The van der Waals surface area contributed by atoms with Crippen molar-refractivity contribution < 1.29 is 18.6 Å². The fourth-order valence-electron chi connectivity index (χ4n) is 4.35. The van der Waals surface area contributed by atoms with Crippen molar-refractivity contribution in [2.75, 3.05) is 25.7 Å². The largest absolute Gasteiger partial charge is 0.497 e. The number of nitrogens with zero attached hydrogens (tertiary/aromatic N) is 5. The molecule has 1 atom stereocenters. The first-order valence-corrected chi connectivity index (χ1v) is 18.4. The van der Waals surface area contributed by atoms with Crippen LogP contribution in [0.4, 0.5) is 5.82 Å². The van der Waals surface area contributed by atoms with E-state index in [1.807, 2.05) is 24.3 Å². The van der Waals surface area contributed by atoms with Gasteiger partial charge >= 0.3 is 6.01 Å². The molecular weight excluding hydrogens is 626 g/mol. The number of methoxy groups -OCH3 is 2. The van der Waals surface area contributed by atoms with Crippen molar-refractivity contribution in [2.45, 2.75) is 77.9 Å². The van der Waals surface area contributed by atoms with Gasteiger partial charge in [-0.3, -0.25) is 0 Å². The molecule has 2 aromatic carbocycles. The van der Waals surface area contributed by atoms with Gasteiger partial charge in [0.25, 0.3) is 0 Å². The summed E-state index contributed by atoms with van der Waals surface area (Å²) in [7, 11) is 1.49. The predicted octanol–water partition coefficient (Wildman–Crippen LogP) is 7.68. The quantitative estimate of drug-likeness (QED) is 0.126. The Kier molecular flexibility index (Phi) is 10.7. The summed E-state index contributed by atoms with van der Waals surface area (Å²) in [4.78, 5) is 11.8. The third-order valence-corrected chi connectivity index (χ3v) is 13.2. The van der Waals surface area contributed by atoms with Gasteiger partial charge < -0.3 is 23.5 Å². The molecule has 0 N–H and O–H groups in total. The normalized spacial score (nSPS) is 12.8. The van der Waals surface area contributed by atoms with E-state index in [9.17, 15) is 0 Å². The Bertz CT molecular complexity index is 1420. The Hall–Kier alpha value is -3.15. The molecule has 9 nitrogen and oxygen atoms in total. The summed E-state index contributed by atoms with van der Waals surface area (Å²) in [6.45, 7) is 15.2. The average molecular weight is 671 g/mol. The number of aromatic nitrogens is 4. The summed E-state index contributed by atoms with van der Waals surface area (Å²) >= 11 is 3.61. The highest BCUT2D eigenvalue weighted by molar-refractivity contribution is 9.10. The molecule has 0 fully saturated rings. The fourth-order valence-corrected chi connectivity index (χ4v) is 5.76. The number of imidazole rings is 1. The van der Waals surface area contributed by atoms with Crippen LogP contribution >= 0.6 is 15.9 Å². The maximum atomic E-state index is 6.44. The Morgan fingerprint density at radius 1 is 0.930 bits per heavy atom. The number of hydrogen-bond acceptors (Lipinski definition) is 8. The van der Waals surface area contributed by atoms with E-state index >= 15 is 0 Å². The van der Waals surface area contributed by atoms with Crippen molar-refractivity contribution in [3.63, 3.8) is 0 Å².